The lowest BCUT2D eigenvalue weighted by Gasteiger charge is -2.22. The van der Waals surface area contributed by atoms with Crippen LogP contribution in [-0.2, 0) is 16.1 Å². The molecule has 8 nitrogen and oxygen atoms in total. The van der Waals surface area contributed by atoms with E-state index >= 15 is 0 Å². The molecule has 0 radical (unpaired) electrons. The number of hydrogen-bond donors (Lipinski definition) is 1. The van der Waals surface area contributed by atoms with E-state index in [-0.39, 0.29) is 12.5 Å². The predicted octanol–water partition coefficient (Wildman–Crippen LogP) is 5.95. The Morgan fingerprint density at radius 2 is 1.74 bits per heavy atom. The highest BCUT2D eigenvalue weighted by Gasteiger charge is 2.21. The summed E-state index contributed by atoms with van der Waals surface area (Å²) in [7, 11) is 0. The van der Waals surface area contributed by atoms with E-state index in [0.29, 0.717) is 66.6 Å². The zero-order valence-corrected chi connectivity index (χ0v) is 21.7. The normalized spacial score (nSPS) is 15.2. The average molecular weight is 534 g/mol. The number of hydrogen-bond acceptors (Lipinski definition) is 7. The second-order valence-electron chi connectivity index (χ2n) is 8.85. The zero-order valence-electron chi connectivity index (χ0n) is 21.0. The molecule has 4 aromatic rings. The Kier molecular flexibility index (Phi) is 8.23. The Hall–Kier alpha value is -3.85. The highest BCUT2D eigenvalue weighted by molar-refractivity contribution is 6.31. The molecule has 0 fully saturated rings. The third-order valence-electron chi connectivity index (χ3n) is 6.09. The van der Waals surface area contributed by atoms with Gasteiger partial charge in [-0.25, -0.2) is 0 Å². The molecule has 0 unspecified atom stereocenters. The van der Waals surface area contributed by atoms with Crippen LogP contribution in [0.5, 0.6) is 17.2 Å². The fourth-order valence-corrected chi connectivity index (χ4v) is 4.36. The number of benzene rings is 3. The Morgan fingerprint density at radius 1 is 0.947 bits per heavy atom. The first-order chi connectivity index (χ1) is 18.6. The van der Waals surface area contributed by atoms with E-state index < -0.39 is 0 Å². The van der Waals surface area contributed by atoms with Crippen molar-refractivity contribution in [2.45, 2.75) is 13.5 Å². The molecule has 3 aromatic carbocycles. The van der Waals surface area contributed by atoms with E-state index in [2.05, 4.69) is 10.5 Å². The van der Waals surface area contributed by atoms with Crippen molar-refractivity contribution in [2.75, 3.05) is 38.2 Å². The fraction of sp³-hybridized carbons (Fsp3) is 0.241. The highest BCUT2D eigenvalue weighted by atomic mass is 35.5. The summed E-state index contributed by atoms with van der Waals surface area (Å²) in [5.74, 6) is 2.04. The van der Waals surface area contributed by atoms with E-state index in [1.165, 1.54) is 0 Å². The van der Waals surface area contributed by atoms with E-state index in [0.717, 1.165) is 16.8 Å². The molecule has 0 saturated carbocycles. The molecule has 1 aromatic heterocycles. The lowest BCUT2D eigenvalue weighted by molar-refractivity contribution is -0.117. The first-order valence-corrected chi connectivity index (χ1v) is 12.7. The maximum absolute atomic E-state index is 13.3. The van der Waals surface area contributed by atoms with Crippen molar-refractivity contribution >= 4 is 23.2 Å². The van der Waals surface area contributed by atoms with Gasteiger partial charge in [0.05, 0.1) is 31.1 Å². The number of carbonyl (C=O) groups excluding carboxylic acids is 1. The van der Waals surface area contributed by atoms with Gasteiger partial charge in [0.25, 0.3) is 0 Å². The highest BCUT2D eigenvalue weighted by Crippen LogP contribution is 2.36. The SMILES string of the molecule is Cc1noc(-c2ccccc2)c1CN1CCOCCOc2ccccc2Oc2ccc(Cl)cc2NC(=O)C1. The van der Waals surface area contributed by atoms with Crippen molar-refractivity contribution in [1.29, 1.82) is 0 Å². The molecule has 1 aliphatic heterocycles. The summed E-state index contributed by atoms with van der Waals surface area (Å²) in [6.45, 7) is 4.15. The van der Waals surface area contributed by atoms with Crippen LogP contribution in [0.1, 0.15) is 11.3 Å². The third kappa shape index (κ3) is 6.34. The van der Waals surface area contributed by atoms with Gasteiger partial charge in [-0.1, -0.05) is 59.2 Å². The summed E-state index contributed by atoms with van der Waals surface area (Å²) in [4.78, 5) is 15.3. The molecule has 0 saturated heterocycles. The molecule has 0 spiro atoms. The molecule has 2 heterocycles. The second-order valence-corrected chi connectivity index (χ2v) is 9.29. The minimum Gasteiger partial charge on any atom is -0.487 e. The van der Waals surface area contributed by atoms with Gasteiger partial charge in [-0.3, -0.25) is 9.69 Å². The average Bonchev–Trinajstić information content (AvgIpc) is 3.28. The lowest BCUT2D eigenvalue weighted by Crippen LogP contribution is -2.35. The predicted molar refractivity (Wildman–Crippen MR) is 145 cm³/mol. The summed E-state index contributed by atoms with van der Waals surface area (Å²) < 4.78 is 23.6. The quantitative estimate of drug-likeness (QED) is 0.348. The molecule has 1 amide bonds. The Bertz CT molecular complexity index is 1390. The monoisotopic (exact) mass is 533 g/mol. The molecule has 5 rings (SSSR count). The van der Waals surface area contributed by atoms with Gasteiger partial charge < -0.3 is 24.1 Å². The number of aryl methyl sites for hydroxylation is 1. The largest absolute Gasteiger partial charge is 0.487 e. The zero-order chi connectivity index (χ0) is 26.3. The molecule has 1 aliphatic rings. The van der Waals surface area contributed by atoms with Crippen molar-refractivity contribution in [3.63, 3.8) is 0 Å². The summed E-state index contributed by atoms with van der Waals surface area (Å²) in [6.07, 6.45) is 0. The first kappa shape index (κ1) is 25.8. The van der Waals surface area contributed by atoms with Crippen LogP contribution in [0.15, 0.2) is 77.3 Å². The fourth-order valence-electron chi connectivity index (χ4n) is 4.19. The van der Waals surface area contributed by atoms with Gasteiger partial charge in [-0.2, -0.15) is 0 Å². The number of fused-ring (bicyclic) bond motifs is 2. The van der Waals surface area contributed by atoms with Crippen LogP contribution >= 0.6 is 11.6 Å². The maximum Gasteiger partial charge on any atom is 0.238 e. The Labute approximate surface area is 226 Å². The van der Waals surface area contributed by atoms with Crippen LogP contribution in [0, 0.1) is 6.92 Å². The molecule has 0 aliphatic carbocycles. The lowest BCUT2D eigenvalue weighted by atomic mass is 10.1. The minimum absolute atomic E-state index is 0.112. The number of anilines is 1. The summed E-state index contributed by atoms with van der Waals surface area (Å²) in [5.41, 5.74) is 3.10. The summed E-state index contributed by atoms with van der Waals surface area (Å²) >= 11 is 6.26. The smallest absolute Gasteiger partial charge is 0.238 e. The van der Waals surface area contributed by atoms with Crippen molar-refractivity contribution in [3.8, 4) is 28.6 Å². The topological polar surface area (TPSA) is 86.1 Å². The number of nitrogens with one attached hydrogen (secondary N) is 1. The second kappa shape index (κ2) is 12.1. The number of para-hydroxylation sites is 2. The van der Waals surface area contributed by atoms with Crippen LogP contribution in [0.3, 0.4) is 0 Å². The van der Waals surface area contributed by atoms with Gasteiger partial charge in [-0.05, 0) is 37.3 Å². The number of amides is 1. The standard InChI is InChI=1S/C29H28ClN3O5/c1-20-23(29(38-32-20)21-7-3-2-4-8-21)18-33-13-14-35-15-16-36-26-9-5-6-10-27(26)37-25-12-11-22(30)17-24(25)31-28(34)19-33/h2-12,17H,13-16,18-19H2,1H3,(H,31,34). The molecular formula is C29H28ClN3O5. The molecule has 1 N–H and O–H groups in total. The van der Waals surface area contributed by atoms with E-state index in [1.807, 2.05) is 66.4 Å². The summed E-state index contributed by atoms with van der Waals surface area (Å²) in [5, 5.41) is 7.63. The van der Waals surface area contributed by atoms with Gasteiger partial charge in [0.15, 0.2) is 23.0 Å². The first-order valence-electron chi connectivity index (χ1n) is 12.4. The van der Waals surface area contributed by atoms with Gasteiger partial charge in [0.2, 0.25) is 5.91 Å². The number of ether oxygens (including phenoxy) is 3. The molecular weight excluding hydrogens is 506 g/mol. The third-order valence-corrected chi connectivity index (χ3v) is 6.33. The molecule has 0 bridgehead atoms. The summed E-state index contributed by atoms with van der Waals surface area (Å²) in [6, 6.07) is 22.3. The van der Waals surface area contributed by atoms with Crippen LogP contribution in [0.4, 0.5) is 5.69 Å². The molecule has 0 atom stereocenters. The Balaban J connectivity index is 1.41. The molecule has 196 valence electrons. The van der Waals surface area contributed by atoms with Crippen molar-refractivity contribution < 1.29 is 23.5 Å². The van der Waals surface area contributed by atoms with Gasteiger partial charge in [0, 0.05) is 29.2 Å². The van der Waals surface area contributed by atoms with Crippen molar-refractivity contribution in [3.05, 3.63) is 89.1 Å². The van der Waals surface area contributed by atoms with E-state index in [9.17, 15) is 4.79 Å². The van der Waals surface area contributed by atoms with E-state index in [4.69, 9.17) is 30.3 Å². The van der Waals surface area contributed by atoms with E-state index in [1.54, 1.807) is 18.2 Å². The number of rotatable bonds is 3. The van der Waals surface area contributed by atoms with Crippen molar-refractivity contribution in [1.82, 2.24) is 10.1 Å². The minimum atomic E-state index is -0.216. The number of nitrogens with zero attached hydrogens (tertiary/aromatic N) is 2. The number of halogens is 1. The Morgan fingerprint density at radius 3 is 2.58 bits per heavy atom. The van der Waals surface area contributed by atoms with Gasteiger partial charge in [-0.15, -0.1) is 0 Å². The van der Waals surface area contributed by atoms with Crippen LogP contribution in [-0.4, -0.2) is 48.9 Å². The molecule has 9 heteroatoms. The van der Waals surface area contributed by atoms with Crippen molar-refractivity contribution in [2.24, 2.45) is 0 Å². The van der Waals surface area contributed by atoms with Crippen LogP contribution < -0.4 is 14.8 Å². The van der Waals surface area contributed by atoms with Crippen LogP contribution in [0.25, 0.3) is 11.3 Å². The van der Waals surface area contributed by atoms with Gasteiger partial charge in [0.1, 0.15) is 6.61 Å². The van der Waals surface area contributed by atoms with Gasteiger partial charge >= 0.3 is 0 Å². The van der Waals surface area contributed by atoms with Crippen LogP contribution in [0.2, 0.25) is 5.02 Å². The molecule has 38 heavy (non-hydrogen) atoms. The maximum atomic E-state index is 13.3. The number of carbonyl (C=O) groups is 1. The number of aromatic nitrogens is 1.